The van der Waals surface area contributed by atoms with Crippen molar-refractivity contribution in [1.82, 2.24) is 19.6 Å². The molecule has 128 valence electrons. The average Bonchev–Trinajstić information content (AvgIpc) is 2.60. The summed E-state index contributed by atoms with van der Waals surface area (Å²) in [6, 6.07) is 2.09. The molecule has 1 amide bonds. The minimum atomic E-state index is -0.141. The summed E-state index contributed by atoms with van der Waals surface area (Å²) in [5, 5.41) is 9.36. The van der Waals surface area contributed by atoms with Crippen LogP contribution in [0.25, 0.3) is 0 Å². The van der Waals surface area contributed by atoms with E-state index in [1.165, 1.54) is 0 Å². The molecule has 0 saturated carbocycles. The molecular weight excluding hydrogens is 292 g/mol. The zero-order valence-electron chi connectivity index (χ0n) is 14.1. The Bertz CT molecular complexity index is 456. The van der Waals surface area contributed by atoms with E-state index in [1.54, 1.807) is 11.1 Å². The van der Waals surface area contributed by atoms with Crippen molar-refractivity contribution in [2.75, 3.05) is 72.0 Å². The van der Waals surface area contributed by atoms with Crippen molar-refractivity contribution in [3.63, 3.8) is 0 Å². The molecule has 0 aromatic carbocycles. The molecule has 0 radical (unpaired) electrons. The number of carbonyl (C=O) groups is 1. The van der Waals surface area contributed by atoms with E-state index in [1.807, 2.05) is 0 Å². The second kappa shape index (κ2) is 8.87. The Kier molecular flexibility index (Phi) is 6.84. The van der Waals surface area contributed by atoms with Gasteiger partial charge in [-0.3, -0.25) is 9.69 Å². The molecule has 2 aliphatic rings. The average molecular weight is 320 g/mol. The smallest absolute Gasteiger partial charge is 0.266 e. The molecule has 23 heavy (non-hydrogen) atoms. The molecule has 7 nitrogen and oxygen atoms in total. The first kappa shape index (κ1) is 17.7. The van der Waals surface area contributed by atoms with E-state index < -0.39 is 0 Å². The Morgan fingerprint density at radius 3 is 2.22 bits per heavy atom. The zero-order chi connectivity index (χ0) is 16.7. The standard InChI is InChI=1S/C16H28N6O/c1-2-19-5-7-21(8-6-19)14-15(13-18)16(23)22-11-9-20(4-3-17)10-12-22/h14H,2-12,17H2,1H3/b15-14-. The third kappa shape index (κ3) is 4.93. The number of amides is 1. The number of hydrogen-bond acceptors (Lipinski definition) is 6. The van der Waals surface area contributed by atoms with Gasteiger partial charge in [0.1, 0.15) is 11.6 Å². The van der Waals surface area contributed by atoms with Crippen molar-refractivity contribution in [3.8, 4) is 6.07 Å². The van der Waals surface area contributed by atoms with Crippen LogP contribution in [-0.2, 0) is 4.79 Å². The molecule has 2 fully saturated rings. The fraction of sp³-hybridized carbons (Fsp3) is 0.750. The summed E-state index contributed by atoms with van der Waals surface area (Å²) in [4.78, 5) is 21.0. The molecule has 7 heteroatoms. The Morgan fingerprint density at radius 1 is 1.09 bits per heavy atom. The lowest BCUT2D eigenvalue weighted by molar-refractivity contribution is -0.128. The number of nitriles is 1. The van der Waals surface area contributed by atoms with Gasteiger partial charge in [0.05, 0.1) is 0 Å². The van der Waals surface area contributed by atoms with Gasteiger partial charge in [0.25, 0.3) is 5.91 Å². The third-order valence-corrected chi connectivity index (χ3v) is 4.62. The van der Waals surface area contributed by atoms with E-state index in [4.69, 9.17) is 5.73 Å². The van der Waals surface area contributed by atoms with E-state index in [2.05, 4.69) is 27.7 Å². The lowest BCUT2D eigenvalue weighted by atomic mass is 10.2. The van der Waals surface area contributed by atoms with Crippen molar-refractivity contribution in [1.29, 1.82) is 5.26 Å². The predicted molar refractivity (Wildman–Crippen MR) is 89.5 cm³/mol. The van der Waals surface area contributed by atoms with Gasteiger partial charge >= 0.3 is 0 Å². The highest BCUT2D eigenvalue weighted by Gasteiger charge is 2.24. The summed E-state index contributed by atoms with van der Waals surface area (Å²) in [6.07, 6.45) is 1.75. The number of rotatable bonds is 5. The van der Waals surface area contributed by atoms with E-state index in [0.29, 0.717) is 19.6 Å². The maximum Gasteiger partial charge on any atom is 0.266 e. The van der Waals surface area contributed by atoms with Crippen molar-refractivity contribution >= 4 is 5.91 Å². The van der Waals surface area contributed by atoms with Crippen LogP contribution < -0.4 is 5.73 Å². The Hall–Kier alpha value is -1.62. The molecule has 2 saturated heterocycles. The van der Waals surface area contributed by atoms with Crippen LogP contribution in [0.5, 0.6) is 0 Å². The van der Waals surface area contributed by atoms with Crippen LogP contribution >= 0.6 is 0 Å². The van der Waals surface area contributed by atoms with E-state index in [9.17, 15) is 10.1 Å². The summed E-state index contributed by atoms with van der Waals surface area (Å²) in [5.41, 5.74) is 5.82. The SMILES string of the molecule is CCN1CCN(/C=C(/C#N)C(=O)N2CCN(CCN)CC2)CC1. The van der Waals surface area contributed by atoms with Gasteiger partial charge in [0.15, 0.2) is 0 Å². The summed E-state index contributed by atoms with van der Waals surface area (Å²) in [5.74, 6) is -0.141. The van der Waals surface area contributed by atoms with Gasteiger partial charge in [-0.15, -0.1) is 0 Å². The van der Waals surface area contributed by atoms with Crippen molar-refractivity contribution in [2.24, 2.45) is 5.73 Å². The first-order valence-corrected chi connectivity index (χ1v) is 8.48. The summed E-state index contributed by atoms with van der Waals surface area (Å²) >= 11 is 0. The minimum absolute atomic E-state index is 0.141. The Balaban J connectivity index is 1.89. The quantitative estimate of drug-likeness (QED) is 0.524. The molecule has 0 aliphatic carbocycles. The van der Waals surface area contributed by atoms with Gasteiger partial charge < -0.3 is 20.4 Å². The van der Waals surface area contributed by atoms with E-state index in [-0.39, 0.29) is 11.5 Å². The molecule has 0 aromatic rings. The maximum absolute atomic E-state index is 12.5. The topological polar surface area (TPSA) is 79.8 Å². The first-order chi connectivity index (χ1) is 11.2. The van der Waals surface area contributed by atoms with Crippen LogP contribution in [0.2, 0.25) is 0 Å². The highest BCUT2D eigenvalue weighted by Crippen LogP contribution is 2.10. The van der Waals surface area contributed by atoms with Crippen molar-refractivity contribution in [2.45, 2.75) is 6.92 Å². The highest BCUT2D eigenvalue weighted by atomic mass is 16.2. The van der Waals surface area contributed by atoms with Crippen LogP contribution in [0.1, 0.15) is 6.92 Å². The lowest BCUT2D eigenvalue weighted by Gasteiger charge is -2.35. The molecule has 0 aromatic heterocycles. The van der Waals surface area contributed by atoms with Crippen molar-refractivity contribution < 1.29 is 4.79 Å². The van der Waals surface area contributed by atoms with Crippen LogP contribution in [0.15, 0.2) is 11.8 Å². The van der Waals surface area contributed by atoms with Gasteiger partial charge in [0.2, 0.25) is 0 Å². The Labute approximate surface area is 138 Å². The second-order valence-corrected chi connectivity index (χ2v) is 6.05. The lowest BCUT2D eigenvalue weighted by Crippen LogP contribution is -2.50. The number of nitrogens with zero attached hydrogens (tertiary/aromatic N) is 5. The van der Waals surface area contributed by atoms with Crippen LogP contribution in [-0.4, -0.2) is 97.5 Å². The zero-order valence-corrected chi connectivity index (χ0v) is 14.1. The number of nitrogens with two attached hydrogens (primary N) is 1. The number of hydrogen-bond donors (Lipinski definition) is 1. The summed E-state index contributed by atoms with van der Waals surface area (Å²) < 4.78 is 0. The number of piperazine rings is 2. The summed E-state index contributed by atoms with van der Waals surface area (Å²) in [7, 11) is 0. The van der Waals surface area contributed by atoms with Gasteiger partial charge in [-0.25, -0.2) is 0 Å². The molecule has 0 spiro atoms. The predicted octanol–water partition coefficient (Wildman–Crippen LogP) is -0.866. The molecule has 2 rings (SSSR count). The normalized spacial score (nSPS) is 21.3. The van der Waals surface area contributed by atoms with Gasteiger partial charge in [-0.2, -0.15) is 5.26 Å². The largest absolute Gasteiger partial charge is 0.374 e. The summed E-state index contributed by atoms with van der Waals surface area (Å²) in [6.45, 7) is 11.4. The number of carbonyl (C=O) groups excluding carboxylic acids is 1. The molecule has 0 bridgehead atoms. The fourth-order valence-electron chi connectivity index (χ4n) is 3.05. The van der Waals surface area contributed by atoms with E-state index >= 15 is 0 Å². The molecule has 0 unspecified atom stereocenters. The van der Waals surface area contributed by atoms with Gasteiger partial charge in [0, 0.05) is 71.6 Å². The molecular formula is C16H28N6O. The second-order valence-electron chi connectivity index (χ2n) is 6.05. The van der Waals surface area contributed by atoms with Crippen LogP contribution in [0.3, 0.4) is 0 Å². The maximum atomic E-state index is 12.5. The van der Waals surface area contributed by atoms with Crippen LogP contribution in [0, 0.1) is 11.3 Å². The molecule has 0 atom stereocenters. The van der Waals surface area contributed by atoms with Gasteiger partial charge in [-0.1, -0.05) is 6.92 Å². The molecule has 2 heterocycles. The van der Waals surface area contributed by atoms with Crippen molar-refractivity contribution in [3.05, 3.63) is 11.8 Å². The third-order valence-electron chi connectivity index (χ3n) is 4.62. The first-order valence-electron chi connectivity index (χ1n) is 8.48. The van der Waals surface area contributed by atoms with Crippen LogP contribution in [0.4, 0.5) is 0 Å². The molecule has 2 N–H and O–H groups in total. The Morgan fingerprint density at radius 2 is 1.70 bits per heavy atom. The van der Waals surface area contributed by atoms with E-state index in [0.717, 1.165) is 52.4 Å². The van der Waals surface area contributed by atoms with Gasteiger partial charge in [-0.05, 0) is 6.54 Å². The fourth-order valence-corrected chi connectivity index (χ4v) is 3.05. The number of likely N-dealkylation sites (N-methyl/N-ethyl adjacent to an activating group) is 1. The monoisotopic (exact) mass is 320 g/mol. The molecule has 2 aliphatic heterocycles. The minimum Gasteiger partial charge on any atom is -0.374 e. The highest BCUT2D eigenvalue weighted by molar-refractivity contribution is 5.97.